The molecule has 2 heterocycles. The van der Waals surface area contributed by atoms with E-state index in [2.05, 4.69) is 0 Å². The van der Waals surface area contributed by atoms with Gasteiger partial charge in [0.2, 0.25) is 5.91 Å². The Bertz CT molecular complexity index is 827. The molecule has 2 fully saturated rings. The molecule has 2 aromatic rings. The summed E-state index contributed by atoms with van der Waals surface area (Å²) in [7, 11) is 0. The van der Waals surface area contributed by atoms with Crippen molar-refractivity contribution in [3.05, 3.63) is 71.5 Å². The fraction of sp³-hybridized carbons (Fsp3) is 0.364. The Morgan fingerprint density at radius 2 is 1.63 bits per heavy atom. The highest BCUT2D eigenvalue weighted by Crippen LogP contribution is 2.40. The van der Waals surface area contributed by atoms with Gasteiger partial charge in [-0.05, 0) is 49.1 Å². The molecule has 2 aliphatic heterocycles. The van der Waals surface area contributed by atoms with Crippen molar-refractivity contribution in [2.45, 2.75) is 37.8 Å². The lowest BCUT2D eigenvalue weighted by atomic mass is 9.84. The van der Waals surface area contributed by atoms with E-state index in [0.29, 0.717) is 31.6 Å². The number of likely N-dealkylation sites (tertiary alicyclic amines) is 2. The van der Waals surface area contributed by atoms with E-state index in [9.17, 15) is 14.0 Å². The van der Waals surface area contributed by atoms with Crippen LogP contribution in [0.25, 0.3) is 0 Å². The van der Waals surface area contributed by atoms with Gasteiger partial charge in [-0.2, -0.15) is 0 Å². The third-order valence-electron chi connectivity index (χ3n) is 5.93. The van der Waals surface area contributed by atoms with E-state index in [1.807, 2.05) is 40.1 Å². The largest absolute Gasteiger partial charge is 0.338 e. The summed E-state index contributed by atoms with van der Waals surface area (Å²) >= 11 is 0. The van der Waals surface area contributed by atoms with Crippen LogP contribution < -0.4 is 0 Å². The molecule has 2 aromatic carbocycles. The molecule has 27 heavy (non-hydrogen) atoms. The zero-order valence-electron chi connectivity index (χ0n) is 15.2. The maximum absolute atomic E-state index is 13.1. The number of hydrogen-bond acceptors (Lipinski definition) is 2. The molecule has 4 rings (SSSR count). The van der Waals surface area contributed by atoms with Crippen LogP contribution in [0.1, 0.15) is 41.6 Å². The number of carbonyl (C=O) groups excluding carboxylic acids is 2. The second-order valence-electron chi connectivity index (χ2n) is 7.49. The molecule has 140 valence electrons. The van der Waals surface area contributed by atoms with E-state index >= 15 is 0 Å². The molecule has 0 N–H and O–H groups in total. The number of amides is 2. The predicted octanol–water partition coefficient (Wildman–Crippen LogP) is 3.62. The Labute approximate surface area is 158 Å². The number of halogens is 1. The summed E-state index contributed by atoms with van der Waals surface area (Å²) in [6.45, 7) is 1.87. The first kappa shape index (κ1) is 17.7. The first-order valence-corrected chi connectivity index (χ1v) is 9.47. The molecule has 0 radical (unpaired) electrons. The first-order chi connectivity index (χ1) is 13.1. The SMILES string of the molecule is O=C(c1ccc(F)cc1)N1CCC2(CCC(=O)N2Cc2ccccc2)CC1. The van der Waals surface area contributed by atoms with Gasteiger partial charge in [-0.25, -0.2) is 4.39 Å². The van der Waals surface area contributed by atoms with Crippen molar-refractivity contribution in [1.29, 1.82) is 0 Å². The third kappa shape index (κ3) is 3.46. The molecular formula is C22H23FN2O2. The quantitative estimate of drug-likeness (QED) is 0.832. The molecule has 2 saturated heterocycles. The number of piperidine rings is 1. The van der Waals surface area contributed by atoms with Crippen LogP contribution in [0.5, 0.6) is 0 Å². The standard InChI is InChI=1S/C22H23FN2O2/c23-19-8-6-18(7-9-19)21(27)24-14-12-22(13-15-24)11-10-20(26)25(22)16-17-4-2-1-3-5-17/h1-9H,10-16H2. The van der Waals surface area contributed by atoms with Crippen LogP contribution >= 0.6 is 0 Å². The Morgan fingerprint density at radius 3 is 2.30 bits per heavy atom. The molecule has 0 unspecified atom stereocenters. The summed E-state index contributed by atoms with van der Waals surface area (Å²) < 4.78 is 13.1. The summed E-state index contributed by atoms with van der Waals surface area (Å²) in [5.74, 6) is -0.203. The second-order valence-corrected chi connectivity index (χ2v) is 7.49. The van der Waals surface area contributed by atoms with Gasteiger partial charge in [0.15, 0.2) is 0 Å². The van der Waals surface area contributed by atoms with Gasteiger partial charge < -0.3 is 9.80 Å². The van der Waals surface area contributed by atoms with Gasteiger partial charge in [0.1, 0.15) is 5.82 Å². The Morgan fingerprint density at radius 1 is 0.963 bits per heavy atom. The van der Waals surface area contributed by atoms with Crippen LogP contribution in [0.15, 0.2) is 54.6 Å². The van der Waals surface area contributed by atoms with Crippen LogP contribution in [0.3, 0.4) is 0 Å². The van der Waals surface area contributed by atoms with Crippen molar-refractivity contribution in [3.63, 3.8) is 0 Å². The number of hydrogen-bond donors (Lipinski definition) is 0. The molecule has 4 nitrogen and oxygen atoms in total. The summed E-state index contributed by atoms with van der Waals surface area (Å²) in [5.41, 5.74) is 1.50. The molecule has 0 bridgehead atoms. The smallest absolute Gasteiger partial charge is 0.253 e. The molecule has 0 aliphatic carbocycles. The lowest BCUT2D eigenvalue weighted by Gasteiger charge is -2.45. The van der Waals surface area contributed by atoms with E-state index in [1.165, 1.54) is 24.3 Å². The Kier molecular flexibility index (Phi) is 4.68. The van der Waals surface area contributed by atoms with Crippen LogP contribution in [-0.2, 0) is 11.3 Å². The highest BCUT2D eigenvalue weighted by Gasteiger charge is 2.47. The van der Waals surface area contributed by atoms with Gasteiger partial charge in [-0.1, -0.05) is 30.3 Å². The highest BCUT2D eigenvalue weighted by atomic mass is 19.1. The number of rotatable bonds is 3. The topological polar surface area (TPSA) is 40.6 Å². The zero-order valence-corrected chi connectivity index (χ0v) is 15.2. The van der Waals surface area contributed by atoms with E-state index in [-0.39, 0.29) is 23.2 Å². The fourth-order valence-electron chi connectivity index (χ4n) is 4.32. The van der Waals surface area contributed by atoms with E-state index in [1.54, 1.807) is 0 Å². The van der Waals surface area contributed by atoms with Crippen LogP contribution in [0.4, 0.5) is 4.39 Å². The summed E-state index contributed by atoms with van der Waals surface area (Å²) in [6, 6.07) is 15.8. The van der Waals surface area contributed by atoms with Gasteiger partial charge in [0.25, 0.3) is 5.91 Å². The van der Waals surface area contributed by atoms with E-state index in [0.717, 1.165) is 24.8 Å². The predicted molar refractivity (Wildman–Crippen MR) is 100 cm³/mol. The average Bonchev–Trinajstić information content (AvgIpc) is 2.99. The van der Waals surface area contributed by atoms with Gasteiger partial charge in [0.05, 0.1) is 0 Å². The summed E-state index contributed by atoms with van der Waals surface area (Å²) in [5, 5.41) is 0. The molecule has 0 aromatic heterocycles. The highest BCUT2D eigenvalue weighted by molar-refractivity contribution is 5.94. The molecular weight excluding hydrogens is 343 g/mol. The van der Waals surface area contributed by atoms with Crippen molar-refractivity contribution >= 4 is 11.8 Å². The normalized spacial score (nSPS) is 18.9. The molecule has 1 spiro atoms. The second kappa shape index (κ2) is 7.14. The minimum Gasteiger partial charge on any atom is -0.338 e. The molecule has 2 amide bonds. The van der Waals surface area contributed by atoms with Gasteiger partial charge in [-0.15, -0.1) is 0 Å². The number of carbonyl (C=O) groups is 2. The molecule has 2 aliphatic rings. The van der Waals surface area contributed by atoms with Crippen molar-refractivity contribution in [1.82, 2.24) is 9.80 Å². The number of benzene rings is 2. The lowest BCUT2D eigenvalue weighted by Crippen LogP contribution is -2.53. The van der Waals surface area contributed by atoms with Gasteiger partial charge in [0, 0.05) is 37.2 Å². The van der Waals surface area contributed by atoms with Crippen molar-refractivity contribution in [2.24, 2.45) is 0 Å². The first-order valence-electron chi connectivity index (χ1n) is 9.47. The van der Waals surface area contributed by atoms with Gasteiger partial charge in [-0.3, -0.25) is 9.59 Å². The van der Waals surface area contributed by atoms with Crippen molar-refractivity contribution in [3.8, 4) is 0 Å². The molecule has 5 heteroatoms. The lowest BCUT2D eigenvalue weighted by molar-refractivity contribution is -0.133. The fourth-order valence-corrected chi connectivity index (χ4v) is 4.32. The number of nitrogens with zero attached hydrogens (tertiary/aromatic N) is 2. The zero-order chi connectivity index (χ0) is 18.9. The average molecular weight is 366 g/mol. The van der Waals surface area contributed by atoms with E-state index in [4.69, 9.17) is 0 Å². The van der Waals surface area contributed by atoms with Crippen LogP contribution in [0.2, 0.25) is 0 Å². The summed E-state index contributed by atoms with van der Waals surface area (Å²) in [6.07, 6.45) is 3.02. The van der Waals surface area contributed by atoms with Gasteiger partial charge >= 0.3 is 0 Å². The van der Waals surface area contributed by atoms with Crippen LogP contribution in [0, 0.1) is 5.82 Å². The molecule has 0 saturated carbocycles. The Hall–Kier alpha value is -2.69. The monoisotopic (exact) mass is 366 g/mol. The minimum atomic E-state index is -0.342. The molecule has 0 atom stereocenters. The van der Waals surface area contributed by atoms with Crippen LogP contribution in [-0.4, -0.2) is 40.2 Å². The Balaban J connectivity index is 1.45. The third-order valence-corrected chi connectivity index (χ3v) is 5.93. The maximum Gasteiger partial charge on any atom is 0.253 e. The maximum atomic E-state index is 13.1. The summed E-state index contributed by atoms with van der Waals surface area (Å²) in [4.78, 5) is 29.1. The van der Waals surface area contributed by atoms with Crippen molar-refractivity contribution in [2.75, 3.05) is 13.1 Å². The minimum absolute atomic E-state index is 0.0659. The van der Waals surface area contributed by atoms with Crippen molar-refractivity contribution < 1.29 is 14.0 Å². The van der Waals surface area contributed by atoms with E-state index < -0.39 is 0 Å².